The van der Waals surface area contributed by atoms with E-state index in [1.165, 1.54) is 31.5 Å². The first-order valence-electron chi connectivity index (χ1n) is 13.7. The van der Waals surface area contributed by atoms with Crippen LogP contribution < -0.4 is 9.47 Å². The number of ketones is 1. The Hall–Kier alpha value is -3.94. The molecule has 5 aromatic rings. The molecule has 0 N–H and O–H groups in total. The lowest BCUT2D eigenvalue weighted by molar-refractivity contribution is 0.104. The molecule has 1 aliphatic rings. The third kappa shape index (κ3) is 5.53. The van der Waals surface area contributed by atoms with Gasteiger partial charge in [0.05, 0.1) is 20.0 Å². The van der Waals surface area contributed by atoms with Gasteiger partial charge in [0.1, 0.15) is 18.1 Å². The minimum atomic E-state index is -0.0106. The van der Waals surface area contributed by atoms with Crippen molar-refractivity contribution in [1.29, 1.82) is 0 Å². The molecule has 6 nitrogen and oxygen atoms in total. The highest BCUT2D eigenvalue weighted by molar-refractivity contribution is 7.22. The van der Waals surface area contributed by atoms with Crippen LogP contribution in [-0.4, -0.2) is 53.6 Å². The molecule has 6 rings (SSSR count). The van der Waals surface area contributed by atoms with Crippen molar-refractivity contribution < 1.29 is 14.3 Å². The molecule has 3 aromatic carbocycles. The predicted molar refractivity (Wildman–Crippen MR) is 161 cm³/mol. The summed E-state index contributed by atoms with van der Waals surface area (Å²) in [6.07, 6.45) is 8.00. The van der Waals surface area contributed by atoms with E-state index in [4.69, 9.17) is 9.47 Å². The van der Waals surface area contributed by atoms with Crippen LogP contribution in [0, 0.1) is 6.92 Å². The van der Waals surface area contributed by atoms with E-state index in [-0.39, 0.29) is 5.78 Å². The minimum absolute atomic E-state index is 0.0106. The number of imidazole rings is 1. The molecule has 0 amide bonds. The van der Waals surface area contributed by atoms with Gasteiger partial charge in [-0.2, -0.15) is 0 Å². The van der Waals surface area contributed by atoms with E-state index < -0.39 is 0 Å². The van der Waals surface area contributed by atoms with Crippen LogP contribution in [0.3, 0.4) is 0 Å². The molecule has 0 aliphatic carbocycles. The molecule has 0 saturated carbocycles. The Morgan fingerprint density at radius 3 is 2.60 bits per heavy atom. The summed E-state index contributed by atoms with van der Waals surface area (Å²) >= 11 is 1.66. The fourth-order valence-electron chi connectivity index (χ4n) is 5.37. The second-order valence-electron chi connectivity index (χ2n) is 10.3. The van der Waals surface area contributed by atoms with Gasteiger partial charge in [-0.1, -0.05) is 24.3 Å². The fraction of sp³-hybridized carbons (Fsp3) is 0.273. The maximum atomic E-state index is 14.1. The summed E-state index contributed by atoms with van der Waals surface area (Å²) in [5.41, 5.74) is 4.51. The van der Waals surface area contributed by atoms with E-state index >= 15 is 0 Å². The minimum Gasteiger partial charge on any atom is -0.496 e. The van der Waals surface area contributed by atoms with Crippen LogP contribution >= 0.6 is 11.3 Å². The summed E-state index contributed by atoms with van der Waals surface area (Å²) in [4.78, 5) is 21.7. The van der Waals surface area contributed by atoms with Crippen LogP contribution in [0.5, 0.6) is 11.5 Å². The van der Waals surface area contributed by atoms with Crippen LogP contribution in [0.15, 0.2) is 79.4 Å². The molecule has 3 heterocycles. The lowest BCUT2D eigenvalue weighted by atomic mass is 9.96. The molecule has 40 heavy (non-hydrogen) atoms. The Balaban J connectivity index is 1.30. The largest absolute Gasteiger partial charge is 0.496 e. The zero-order valence-corrected chi connectivity index (χ0v) is 23.7. The Morgan fingerprint density at radius 1 is 1.02 bits per heavy atom. The number of aromatic nitrogens is 2. The SMILES string of the molecule is COc1cc(C(=O)c2c(-c3ccc(OCCN4CCCC4)cc3)sc3cc(C)ccc23)ccc1Cn1ccnc1. The van der Waals surface area contributed by atoms with Crippen molar-refractivity contribution in [3.63, 3.8) is 0 Å². The number of methoxy groups -OCH3 is 1. The van der Waals surface area contributed by atoms with Crippen molar-refractivity contribution in [2.45, 2.75) is 26.3 Å². The number of fused-ring (bicyclic) bond motifs is 1. The zero-order valence-electron chi connectivity index (χ0n) is 22.9. The Kier molecular flexibility index (Phi) is 7.66. The van der Waals surface area contributed by atoms with Crippen molar-refractivity contribution in [1.82, 2.24) is 14.5 Å². The fourth-order valence-corrected chi connectivity index (χ4v) is 6.68. The van der Waals surface area contributed by atoms with Crippen molar-refractivity contribution >= 4 is 27.2 Å². The van der Waals surface area contributed by atoms with Crippen LogP contribution in [0.4, 0.5) is 0 Å². The molecule has 7 heteroatoms. The summed E-state index contributed by atoms with van der Waals surface area (Å²) in [6.45, 7) is 6.69. The number of ether oxygens (including phenoxy) is 2. The molecule has 1 aliphatic heterocycles. The average molecular weight is 552 g/mol. The van der Waals surface area contributed by atoms with Gasteiger partial charge in [0.25, 0.3) is 0 Å². The lowest BCUT2D eigenvalue weighted by Gasteiger charge is -2.15. The molecule has 0 unspecified atom stereocenters. The summed E-state index contributed by atoms with van der Waals surface area (Å²) in [5.74, 6) is 1.53. The molecule has 0 radical (unpaired) electrons. The third-order valence-corrected chi connectivity index (χ3v) is 8.73. The number of carbonyl (C=O) groups is 1. The Morgan fingerprint density at radius 2 is 1.85 bits per heavy atom. The first kappa shape index (κ1) is 26.3. The molecule has 2 aromatic heterocycles. The van der Waals surface area contributed by atoms with Crippen LogP contribution in [0.25, 0.3) is 20.5 Å². The van der Waals surface area contributed by atoms with Gasteiger partial charge in [-0.15, -0.1) is 11.3 Å². The Labute approximate surface area is 238 Å². The molecule has 204 valence electrons. The maximum Gasteiger partial charge on any atom is 0.195 e. The van der Waals surface area contributed by atoms with E-state index in [1.807, 2.05) is 41.1 Å². The first-order valence-corrected chi connectivity index (χ1v) is 14.6. The third-order valence-electron chi connectivity index (χ3n) is 7.53. The van der Waals surface area contributed by atoms with E-state index in [0.717, 1.165) is 43.9 Å². The van der Waals surface area contributed by atoms with Gasteiger partial charge in [-0.25, -0.2) is 4.98 Å². The van der Waals surface area contributed by atoms with Gasteiger partial charge in [-0.3, -0.25) is 9.69 Å². The number of nitrogens with zero attached hydrogens (tertiary/aromatic N) is 3. The molecule has 1 fully saturated rings. The van der Waals surface area contributed by atoms with Gasteiger partial charge in [0.2, 0.25) is 0 Å². The summed E-state index contributed by atoms with van der Waals surface area (Å²) in [6, 6.07) is 20.2. The van der Waals surface area contributed by atoms with Crippen LogP contribution in [0.2, 0.25) is 0 Å². The number of hydrogen-bond acceptors (Lipinski definition) is 6. The van der Waals surface area contributed by atoms with Gasteiger partial charge in [0.15, 0.2) is 5.78 Å². The topological polar surface area (TPSA) is 56.6 Å². The van der Waals surface area contributed by atoms with Crippen molar-refractivity contribution in [2.75, 3.05) is 33.4 Å². The van der Waals surface area contributed by atoms with Gasteiger partial charge in [-0.05, 0) is 80.4 Å². The summed E-state index contributed by atoms with van der Waals surface area (Å²) in [7, 11) is 1.64. The number of rotatable bonds is 10. The highest BCUT2D eigenvalue weighted by Gasteiger charge is 2.23. The highest BCUT2D eigenvalue weighted by Crippen LogP contribution is 2.41. The van der Waals surface area contributed by atoms with Gasteiger partial charge in [0, 0.05) is 50.6 Å². The molecule has 0 spiro atoms. The summed E-state index contributed by atoms with van der Waals surface area (Å²) < 4.78 is 14.8. The normalized spacial score (nSPS) is 13.7. The van der Waals surface area contributed by atoms with Crippen molar-refractivity contribution in [3.05, 3.63) is 102 Å². The quantitative estimate of drug-likeness (QED) is 0.178. The molecule has 1 saturated heterocycles. The molecular weight excluding hydrogens is 518 g/mol. The monoisotopic (exact) mass is 551 g/mol. The van der Waals surface area contributed by atoms with E-state index in [1.54, 1.807) is 31.0 Å². The zero-order chi connectivity index (χ0) is 27.5. The average Bonchev–Trinajstić information content (AvgIpc) is 3.75. The number of likely N-dealkylation sites (tertiary alicyclic amines) is 1. The number of hydrogen-bond donors (Lipinski definition) is 0. The van der Waals surface area contributed by atoms with Crippen LogP contribution in [0.1, 0.15) is 39.9 Å². The highest BCUT2D eigenvalue weighted by atomic mass is 32.1. The second-order valence-corrected chi connectivity index (χ2v) is 11.4. The Bertz CT molecular complexity index is 1620. The first-order chi connectivity index (χ1) is 19.6. The maximum absolute atomic E-state index is 14.1. The standard InChI is InChI=1S/C33H33N3O3S/c1-23-5-12-28-30(19-23)40-33(24-8-10-27(11-9-24)39-18-17-35-14-3-4-15-35)31(28)32(37)25-6-7-26(29(20-25)38-2)21-36-16-13-34-22-36/h5-13,16,19-20,22H,3-4,14-15,17-18,21H2,1-2H3. The van der Waals surface area contributed by atoms with E-state index in [2.05, 4.69) is 47.1 Å². The smallest absolute Gasteiger partial charge is 0.195 e. The number of carbonyl (C=O) groups excluding carboxylic acids is 1. The van der Waals surface area contributed by atoms with Crippen molar-refractivity contribution in [2.24, 2.45) is 0 Å². The predicted octanol–water partition coefficient (Wildman–Crippen LogP) is 6.84. The van der Waals surface area contributed by atoms with E-state index in [0.29, 0.717) is 24.5 Å². The lowest BCUT2D eigenvalue weighted by Crippen LogP contribution is -2.25. The van der Waals surface area contributed by atoms with Gasteiger partial charge < -0.3 is 14.0 Å². The second kappa shape index (κ2) is 11.7. The van der Waals surface area contributed by atoms with Gasteiger partial charge >= 0.3 is 0 Å². The molecular formula is C33H33N3O3S. The van der Waals surface area contributed by atoms with E-state index in [9.17, 15) is 4.79 Å². The molecule has 0 atom stereocenters. The number of aryl methyl sites for hydroxylation is 1. The molecule has 0 bridgehead atoms. The van der Waals surface area contributed by atoms with Crippen LogP contribution in [-0.2, 0) is 6.54 Å². The summed E-state index contributed by atoms with van der Waals surface area (Å²) in [5, 5.41) is 0.975. The number of thiophene rings is 1. The van der Waals surface area contributed by atoms with Crippen molar-refractivity contribution in [3.8, 4) is 21.9 Å². The number of benzene rings is 3.